The Labute approximate surface area is 494 Å². The van der Waals surface area contributed by atoms with Gasteiger partial charge in [-0.15, -0.1) is 0 Å². The van der Waals surface area contributed by atoms with Gasteiger partial charge in [0, 0.05) is 0 Å². The van der Waals surface area contributed by atoms with Gasteiger partial charge in [0.05, 0.1) is 44.1 Å². The van der Waals surface area contributed by atoms with Gasteiger partial charge in [0.2, 0.25) is 6.29 Å². The van der Waals surface area contributed by atoms with Crippen molar-refractivity contribution in [1.82, 2.24) is 0 Å². The van der Waals surface area contributed by atoms with Crippen LogP contribution in [0.2, 0.25) is 0 Å². The van der Waals surface area contributed by atoms with Crippen molar-refractivity contribution < 1.29 is 129 Å². The van der Waals surface area contributed by atoms with E-state index >= 15 is 4.79 Å². The molecule has 5 aliphatic heterocycles. The molecule has 0 aromatic rings. The first-order valence-corrected chi connectivity index (χ1v) is 30.6. The summed E-state index contributed by atoms with van der Waals surface area (Å²) in [5, 5.41) is 161. The van der Waals surface area contributed by atoms with Crippen LogP contribution in [0.1, 0.15) is 120 Å². The summed E-state index contributed by atoms with van der Waals surface area (Å²) in [6.45, 7) is 15.0. The van der Waals surface area contributed by atoms with Crippen LogP contribution in [0.3, 0.4) is 0 Å². The van der Waals surface area contributed by atoms with Crippen LogP contribution in [-0.4, -0.2) is 263 Å². The molecule has 488 valence electrons. The van der Waals surface area contributed by atoms with Crippen molar-refractivity contribution >= 4 is 5.97 Å². The summed E-state index contributed by atoms with van der Waals surface area (Å²) in [4.78, 5) is 15.2. The van der Waals surface area contributed by atoms with Crippen molar-refractivity contribution in [3.8, 4) is 0 Å². The highest BCUT2D eigenvalue weighted by Gasteiger charge is 2.70. The van der Waals surface area contributed by atoms with Crippen LogP contribution in [0.5, 0.6) is 0 Å². The molecule has 0 aromatic heterocycles. The SMILES string of the molecule is C[C@H]1O[C@@H](O[C@H]2[C@H](O)[C@@H](O)[C@H](OC[C@H]3O[C@@H](OC(=O)[C@]45CCC(C)(C)CC4C4=CCC6[C@@]7(C)CC[C@H](O[C@@H]8OC[C@@H](O)[C@@H](O[C@@H]9O[C@H](CO)[C@@H](O)[C@H](O)[C@H]9O)[C@H]8O)C(C)(C)C7CC[C@@]6(C)C4(C)CC5)[C@H](O)[C@@H](O)[C@@H]3O)O[C@@H]2CO)[C@H](O)[C@H](O)[C@@H]1O. The maximum atomic E-state index is 15.2. The van der Waals surface area contributed by atoms with Crippen molar-refractivity contribution in [3.05, 3.63) is 11.6 Å². The van der Waals surface area contributed by atoms with E-state index in [1.807, 2.05) is 0 Å². The number of carbonyl (C=O) groups excluding carboxylic acids is 1. The molecule has 5 saturated heterocycles. The van der Waals surface area contributed by atoms with Gasteiger partial charge in [-0.2, -0.15) is 0 Å². The number of allylic oxidation sites excluding steroid dienone is 2. The number of rotatable bonds is 13. The third kappa shape index (κ3) is 11.2. The summed E-state index contributed by atoms with van der Waals surface area (Å²) in [5.41, 5.74) is -1.17. The zero-order valence-electron chi connectivity index (χ0n) is 49.8. The minimum atomic E-state index is -1.89. The molecule has 0 bridgehead atoms. The van der Waals surface area contributed by atoms with Crippen LogP contribution < -0.4 is 0 Å². The number of aliphatic hydroxyl groups excluding tert-OH is 15. The fraction of sp³-hybridized carbons (Fsp3) is 0.949. The summed E-state index contributed by atoms with van der Waals surface area (Å²) in [5.74, 6) is -0.482. The minimum Gasteiger partial charge on any atom is -0.432 e. The summed E-state index contributed by atoms with van der Waals surface area (Å²) in [7, 11) is 0. The highest BCUT2D eigenvalue weighted by Crippen LogP contribution is 2.76. The quantitative estimate of drug-likeness (QED) is 0.0513. The topological polar surface area (TPSA) is 413 Å². The number of carbonyl (C=O) groups is 1. The monoisotopic (exact) mass is 1220 g/mol. The molecule has 4 unspecified atom stereocenters. The third-order valence-corrected chi connectivity index (χ3v) is 23.1. The first-order chi connectivity index (χ1) is 39.8. The van der Waals surface area contributed by atoms with Crippen LogP contribution in [0.25, 0.3) is 0 Å². The second-order valence-corrected chi connectivity index (χ2v) is 28.7. The standard InChI is InChI=1S/C59H96O26/c1-24-34(63)37(66)41(70)50(78-24)84-47-29(21-61)80-48(44(73)40(47)69)77-23-30-36(65)39(68)43(72)52(81-30)85-53(75)59-17-15-54(2,3)19-26(59)25-9-10-32-56(6)13-12-33(55(4,5)31(56)11-14-58(32,8)57(25,7)16-18-59)82-49-45(74)46(27(62)22-76-49)83-51-42(71)38(67)35(64)28(20-60)79-51/h9,24,26-52,60-74H,10-23H2,1-8H3/t24-,26?,27-,28-,29-,30-,31?,32?,33+,34-,35-,36-,37-,38+,39+,40-,41-,42-,43-,44-,45-,46-,47-,48-,49+,50+,51+,52+,56+,57?,58-,59+/m1/s1. The molecule has 26 heteroatoms. The van der Waals surface area contributed by atoms with E-state index in [-0.39, 0.29) is 46.0 Å². The highest BCUT2D eigenvalue weighted by molar-refractivity contribution is 5.79. The summed E-state index contributed by atoms with van der Waals surface area (Å²) >= 11 is 0. The van der Waals surface area contributed by atoms with Gasteiger partial charge < -0.3 is 124 Å². The number of esters is 1. The van der Waals surface area contributed by atoms with E-state index in [9.17, 15) is 76.6 Å². The van der Waals surface area contributed by atoms with Crippen LogP contribution >= 0.6 is 0 Å². The summed E-state index contributed by atoms with van der Waals surface area (Å²) < 4.78 is 59.0. The van der Waals surface area contributed by atoms with Crippen LogP contribution in [0, 0.1) is 50.2 Å². The molecule has 0 radical (unpaired) electrons. The molecule has 26 nitrogen and oxygen atoms in total. The summed E-state index contributed by atoms with van der Waals surface area (Å²) in [6, 6.07) is 0. The third-order valence-electron chi connectivity index (χ3n) is 23.1. The fourth-order valence-corrected chi connectivity index (χ4v) is 17.6. The molecule has 0 spiro atoms. The highest BCUT2D eigenvalue weighted by atomic mass is 16.8. The van der Waals surface area contributed by atoms with Gasteiger partial charge in [0.15, 0.2) is 25.2 Å². The van der Waals surface area contributed by atoms with Gasteiger partial charge in [-0.3, -0.25) is 4.79 Å². The first-order valence-electron chi connectivity index (χ1n) is 30.6. The Kier molecular flexibility index (Phi) is 19.0. The molecular weight excluding hydrogens is 1120 g/mol. The van der Waals surface area contributed by atoms with Gasteiger partial charge in [-0.25, -0.2) is 0 Å². The van der Waals surface area contributed by atoms with Gasteiger partial charge in [-0.05, 0) is 116 Å². The molecule has 0 amide bonds. The first kappa shape index (κ1) is 66.2. The molecular formula is C59H96O26. The maximum Gasteiger partial charge on any atom is 0.315 e. The van der Waals surface area contributed by atoms with Crippen LogP contribution in [-0.2, 0) is 52.2 Å². The number of hydrogen-bond donors (Lipinski definition) is 15. The average molecular weight is 1220 g/mol. The van der Waals surface area contributed by atoms with E-state index in [0.717, 1.165) is 25.7 Å². The summed E-state index contributed by atoms with van der Waals surface area (Å²) in [6.07, 6.45) is -29.3. The fourth-order valence-electron chi connectivity index (χ4n) is 17.6. The number of hydrogen-bond acceptors (Lipinski definition) is 26. The molecule has 9 fully saturated rings. The van der Waals surface area contributed by atoms with Gasteiger partial charge in [0.25, 0.3) is 0 Å². The van der Waals surface area contributed by atoms with E-state index in [1.54, 1.807) is 0 Å². The number of fused-ring (bicyclic) bond motifs is 7. The van der Waals surface area contributed by atoms with Crippen molar-refractivity contribution in [2.24, 2.45) is 50.2 Å². The maximum absolute atomic E-state index is 15.2. The largest absolute Gasteiger partial charge is 0.432 e. The normalized spacial score (nSPS) is 54.1. The smallest absolute Gasteiger partial charge is 0.315 e. The van der Waals surface area contributed by atoms with Crippen molar-refractivity contribution in [1.29, 1.82) is 0 Å². The van der Waals surface area contributed by atoms with Gasteiger partial charge >= 0.3 is 5.97 Å². The predicted octanol–water partition coefficient (Wildman–Crippen LogP) is -2.54. The van der Waals surface area contributed by atoms with Gasteiger partial charge in [-0.1, -0.05) is 60.1 Å². The molecule has 10 rings (SSSR count). The molecule has 10 aliphatic rings. The Morgan fingerprint density at radius 1 is 0.553 bits per heavy atom. The van der Waals surface area contributed by atoms with E-state index in [4.69, 9.17) is 47.4 Å². The Morgan fingerprint density at radius 2 is 1.13 bits per heavy atom. The lowest BCUT2D eigenvalue weighted by Crippen LogP contribution is -2.66. The lowest BCUT2D eigenvalue weighted by molar-refractivity contribution is -0.361. The minimum absolute atomic E-state index is 0.156. The second kappa shape index (κ2) is 24.4. The van der Waals surface area contributed by atoms with Gasteiger partial charge in [0.1, 0.15) is 110 Å². The lowest BCUT2D eigenvalue weighted by Gasteiger charge is -2.71. The number of aliphatic hydroxyl groups is 15. The Balaban J connectivity index is 0.812. The molecule has 85 heavy (non-hydrogen) atoms. The Hall–Kier alpha value is -1.75. The Morgan fingerprint density at radius 3 is 1.80 bits per heavy atom. The molecule has 4 saturated carbocycles. The van der Waals surface area contributed by atoms with E-state index in [1.165, 1.54) is 12.5 Å². The van der Waals surface area contributed by atoms with Crippen LogP contribution in [0.15, 0.2) is 11.6 Å². The van der Waals surface area contributed by atoms with Crippen molar-refractivity contribution in [3.63, 3.8) is 0 Å². The average Bonchev–Trinajstić information content (AvgIpc) is 0.725. The molecule has 5 heterocycles. The van der Waals surface area contributed by atoms with E-state index < -0.39 is 190 Å². The molecule has 0 aromatic carbocycles. The van der Waals surface area contributed by atoms with E-state index in [0.29, 0.717) is 38.5 Å². The lowest BCUT2D eigenvalue weighted by atomic mass is 9.33. The van der Waals surface area contributed by atoms with Crippen molar-refractivity contribution in [2.75, 3.05) is 26.4 Å². The zero-order chi connectivity index (χ0) is 62.0. The zero-order valence-corrected chi connectivity index (χ0v) is 49.8. The van der Waals surface area contributed by atoms with Crippen LogP contribution in [0.4, 0.5) is 0 Å². The molecule has 32 atom stereocenters. The van der Waals surface area contributed by atoms with E-state index in [2.05, 4.69) is 54.5 Å². The second-order valence-electron chi connectivity index (χ2n) is 28.7. The number of ether oxygens (including phenoxy) is 10. The molecule has 15 N–H and O–H groups in total. The predicted molar refractivity (Wildman–Crippen MR) is 288 cm³/mol. The molecule has 5 aliphatic carbocycles. The Bertz CT molecular complexity index is 2360. The van der Waals surface area contributed by atoms with Crippen molar-refractivity contribution in [2.45, 2.75) is 273 Å².